The smallest absolute Gasteiger partial charge is 0.125 e. The molecule has 0 saturated heterocycles. The molecule has 0 aromatic carbocycles. The van der Waals surface area contributed by atoms with Crippen molar-refractivity contribution in [3.05, 3.63) is 12.2 Å². The molecule has 0 bridgehead atoms. The van der Waals surface area contributed by atoms with Crippen LogP contribution in [-0.2, 0) is 0 Å². The summed E-state index contributed by atoms with van der Waals surface area (Å²) in [6.45, 7) is 5.85. The first-order chi connectivity index (χ1) is 12.3. The van der Waals surface area contributed by atoms with Gasteiger partial charge in [-0.15, -0.1) is 0 Å². The molecule has 0 spiro atoms. The summed E-state index contributed by atoms with van der Waals surface area (Å²) in [6.07, 6.45) is 22.8. The molecule has 0 saturated carbocycles. The van der Waals surface area contributed by atoms with Gasteiger partial charge in [-0.05, 0) is 39.0 Å². The molecule has 25 heavy (non-hydrogen) atoms. The molecule has 1 N–H and O–H groups in total. The number of allylic oxidation sites excluding steroid dienone is 2. The second-order valence-electron chi connectivity index (χ2n) is 7.46. The molecular formula is C22H42N2O. The van der Waals surface area contributed by atoms with Crippen LogP contribution in [0.1, 0.15) is 104 Å². The van der Waals surface area contributed by atoms with Gasteiger partial charge in [-0.25, -0.2) is 0 Å². The predicted molar refractivity (Wildman–Crippen MR) is 110 cm³/mol. The van der Waals surface area contributed by atoms with E-state index < -0.39 is 0 Å². The van der Waals surface area contributed by atoms with Gasteiger partial charge in [0.1, 0.15) is 12.1 Å². The summed E-state index contributed by atoms with van der Waals surface area (Å²) in [5.41, 5.74) is 0. The van der Waals surface area contributed by atoms with E-state index in [1.54, 1.807) is 0 Å². The number of unbranched alkanes of at least 4 members (excludes halogenated alkanes) is 11. The maximum absolute atomic E-state index is 9.69. The van der Waals surface area contributed by atoms with Crippen molar-refractivity contribution in [2.45, 2.75) is 110 Å². The van der Waals surface area contributed by atoms with E-state index in [2.05, 4.69) is 24.1 Å². The van der Waals surface area contributed by atoms with Gasteiger partial charge in [-0.2, -0.15) is 0 Å². The summed E-state index contributed by atoms with van der Waals surface area (Å²) < 4.78 is 0. The third kappa shape index (κ3) is 11.4. The zero-order valence-electron chi connectivity index (χ0n) is 16.9. The number of hydrogen-bond acceptors (Lipinski definition) is 3. The predicted octanol–water partition coefficient (Wildman–Crippen LogP) is 6.08. The van der Waals surface area contributed by atoms with Crippen LogP contribution in [0.3, 0.4) is 0 Å². The van der Waals surface area contributed by atoms with E-state index in [1.807, 2.05) is 11.8 Å². The molecule has 3 nitrogen and oxygen atoms in total. The molecule has 1 aliphatic heterocycles. The highest BCUT2D eigenvalue weighted by Crippen LogP contribution is 2.14. The van der Waals surface area contributed by atoms with E-state index in [1.165, 1.54) is 83.5 Å². The Kier molecular flexibility index (Phi) is 13.7. The van der Waals surface area contributed by atoms with Gasteiger partial charge in [-0.1, -0.05) is 70.4 Å². The molecule has 1 rings (SSSR count). The lowest BCUT2D eigenvalue weighted by atomic mass is 10.1. The van der Waals surface area contributed by atoms with E-state index in [4.69, 9.17) is 0 Å². The van der Waals surface area contributed by atoms with Crippen LogP contribution in [0.15, 0.2) is 17.1 Å². The third-order valence-corrected chi connectivity index (χ3v) is 5.08. The van der Waals surface area contributed by atoms with Crippen molar-refractivity contribution in [2.75, 3.05) is 13.1 Å². The number of amidine groups is 1. The van der Waals surface area contributed by atoms with E-state index in [0.29, 0.717) is 0 Å². The van der Waals surface area contributed by atoms with Gasteiger partial charge in [0, 0.05) is 13.0 Å². The molecule has 0 aromatic heterocycles. The Hall–Kier alpha value is -0.830. The number of aliphatic hydroxyl groups excluding tert-OH is 1. The van der Waals surface area contributed by atoms with Crippen molar-refractivity contribution in [1.82, 2.24) is 4.90 Å². The van der Waals surface area contributed by atoms with Crippen LogP contribution in [0.4, 0.5) is 0 Å². The first kappa shape index (κ1) is 22.2. The molecule has 3 heteroatoms. The summed E-state index contributed by atoms with van der Waals surface area (Å²) in [4.78, 5) is 6.55. The van der Waals surface area contributed by atoms with Crippen LogP contribution in [0, 0.1) is 0 Å². The summed E-state index contributed by atoms with van der Waals surface area (Å²) in [5.74, 6) is 1.12. The van der Waals surface area contributed by atoms with E-state index in [0.717, 1.165) is 25.3 Å². The van der Waals surface area contributed by atoms with Gasteiger partial charge in [0.2, 0.25) is 0 Å². The first-order valence-corrected chi connectivity index (χ1v) is 10.9. The Morgan fingerprint density at radius 1 is 0.920 bits per heavy atom. The average molecular weight is 351 g/mol. The number of nitrogens with zero attached hydrogens (tertiary/aromatic N) is 2. The quantitative estimate of drug-likeness (QED) is 0.270. The SMILES string of the molecule is CCCCCCCCC=CCCCCCCCC1=NCCN1C(C)O. The normalized spacial score (nSPS) is 16.0. The number of aliphatic hydroxyl groups is 1. The van der Waals surface area contributed by atoms with Crippen LogP contribution >= 0.6 is 0 Å². The molecule has 1 unspecified atom stereocenters. The molecule has 0 aromatic rings. The Bertz CT molecular complexity index is 363. The monoisotopic (exact) mass is 350 g/mol. The van der Waals surface area contributed by atoms with Crippen LogP contribution in [0.25, 0.3) is 0 Å². The highest BCUT2D eigenvalue weighted by Gasteiger charge is 2.19. The minimum atomic E-state index is -0.385. The fraction of sp³-hybridized carbons (Fsp3) is 0.864. The minimum absolute atomic E-state index is 0.385. The Labute approximate surface area is 156 Å². The van der Waals surface area contributed by atoms with Crippen molar-refractivity contribution in [3.8, 4) is 0 Å². The standard InChI is InChI=1S/C22H42N2O/c1-3-4-5-6-7-8-9-10-11-12-13-14-15-16-17-18-22-23-19-20-24(22)21(2)25/h10-11,21,25H,3-9,12-20H2,1-2H3. The van der Waals surface area contributed by atoms with Crippen molar-refractivity contribution in [1.29, 1.82) is 0 Å². The van der Waals surface area contributed by atoms with Gasteiger partial charge >= 0.3 is 0 Å². The van der Waals surface area contributed by atoms with Crippen LogP contribution in [-0.4, -0.2) is 35.2 Å². The third-order valence-electron chi connectivity index (χ3n) is 5.08. The number of rotatable bonds is 16. The fourth-order valence-electron chi connectivity index (χ4n) is 3.49. The molecule has 0 amide bonds. The van der Waals surface area contributed by atoms with Crippen LogP contribution in [0.5, 0.6) is 0 Å². The van der Waals surface area contributed by atoms with E-state index in [-0.39, 0.29) is 6.23 Å². The summed E-state index contributed by atoms with van der Waals surface area (Å²) in [7, 11) is 0. The lowest BCUT2D eigenvalue weighted by Crippen LogP contribution is -2.35. The van der Waals surface area contributed by atoms with Gasteiger partial charge in [0.25, 0.3) is 0 Å². The Morgan fingerprint density at radius 3 is 2.08 bits per heavy atom. The van der Waals surface area contributed by atoms with Gasteiger partial charge in [0.15, 0.2) is 0 Å². The lowest BCUT2D eigenvalue weighted by Gasteiger charge is -2.23. The number of hydrogen-bond donors (Lipinski definition) is 1. The highest BCUT2D eigenvalue weighted by molar-refractivity contribution is 5.83. The Balaban J connectivity index is 1.84. The number of aliphatic imine (C=N–C) groups is 1. The topological polar surface area (TPSA) is 35.8 Å². The maximum Gasteiger partial charge on any atom is 0.125 e. The highest BCUT2D eigenvalue weighted by atomic mass is 16.3. The summed E-state index contributed by atoms with van der Waals surface area (Å²) in [5, 5.41) is 9.69. The van der Waals surface area contributed by atoms with E-state index >= 15 is 0 Å². The van der Waals surface area contributed by atoms with Gasteiger partial charge < -0.3 is 10.0 Å². The van der Waals surface area contributed by atoms with Gasteiger partial charge in [-0.3, -0.25) is 4.99 Å². The molecule has 1 aliphatic rings. The zero-order chi connectivity index (χ0) is 18.2. The second-order valence-corrected chi connectivity index (χ2v) is 7.46. The largest absolute Gasteiger partial charge is 0.374 e. The van der Waals surface area contributed by atoms with E-state index in [9.17, 15) is 5.11 Å². The molecule has 0 radical (unpaired) electrons. The average Bonchev–Trinajstić information content (AvgIpc) is 3.07. The molecule has 1 heterocycles. The maximum atomic E-state index is 9.69. The summed E-state index contributed by atoms with van der Waals surface area (Å²) in [6, 6.07) is 0. The fourth-order valence-corrected chi connectivity index (χ4v) is 3.49. The van der Waals surface area contributed by atoms with Crippen molar-refractivity contribution in [2.24, 2.45) is 4.99 Å². The van der Waals surface area contributed by atoms with Gasteiger partial charge in [0.05, 0.1) is 6.54 Å². The van der Waals surface area contributed by atoms with Crippen molar-refractivity contribution in [3.63, 3.8) is 0 Å². The first-order valence-electron chi connectivity index (χ1n) is 10.9. The lowest BCUT2D eigenvalue weighted by molar-refractivity contribution is 0.0766. The molecule has 146 valence electrons. The van der Waals surface area contributed by atoms with Crippen molar-refractivity contribution < 1.29 is 5.11 Å². The van der Waals surface area contributed by atoms with Crippen molar-refractivity contribution >= 4 is 5.84 Å². The second kappa shape index (κ2) is 15.4. The molecule has 0 fully saturated rings. The molecule has 0 aliphatic carbocycles. The minimum Gasteiger partial charge on any atom is -0.374 e. The Morgan fingerprint density at radius 2 is 1.48 bits per heavy atom. The zero-order valence-corrected chi connectivity index (χ0v) is 16.9. The molecule has 1 atom stereocenters. The van der Waals surface area contributed by atoms with Crippen LogP contribution < -0.4 is 0 Å². The summed E-state index contributed by atoms with van der Waals surface area (Å²) >= 11 is 0. The van der Waals surface area contributed by atoms with Crippen LogP contribution in [0.2, 0.25) is 0 Å². The molecular weight excluding hydrogens is 308 g/mol.